The maximum absolute atomic E-state index is 12.4. The molecule has 0 unspecified atom stereocenters. The molecule has 8 heteroatoms. The van der Waals surface area contributed by atoms with E-state index in [9.17, 15) is 13.2 Å². The molecular formula is C13H9F3N4O. The number of imidazole rings is 1. The molecule has 0 aliphatic heterocycles. The lowest BCUT2D eigenvalue weighted by atomic mass is 10.1. The van der Waals surface area contributed by atoms with E-state index in [1.54, 1.807) is 36.8 Å². The van der Waals surface area contributed by atoms with Crippen molar-refractivity contribution in [3.63, 3.8) is 0 Å². The maximum atomic E-state index is 12.4. The van der Waals surface area contributed by atoms with Crippen LogP contribution in [0.3, 0.4) is 0 Å². The normalized spacial score (nSPS) is 11.8. The largest absolute Gasteiger partial charge is 0.471 e. The number of benzene rings is 1. The van der Waals surface area contributed by atoms with Crippen LogP contribution in [0, 0.1) is 0 Å². The van der Waals surface area contributed by atoms with Gasteiger partial charge in [-0.15, -0.1) is 0 Å². The van der Waals surface area contributed by atoms with Gasteiger partial charge in [0.2, 0.25) is 5.82 Å². The fraction of sp³-hybridized carbons (Fsp3) is 0.154. The number of halogens is 3. The van der Waals surface area contributed by atoms with E-state index in [4.69, 9.17) is 0 Å². The minimum absolute atomic E-state index is 0.0866. The van der Waals surface area contributed by atoms with Crippen molar-refractivity contribution >= 4 is 0 Å². The van der Waals surface area contributed by atoms with E-state index >= 15 is 0 Å². The first-order valence-electron chi connectivity index (χ1n) is 5.98. The number of alkyl halides is 3. The second-order valence-corrected chi connectivity index (χ2v) is 4.35. The van der Waals surface area contributed by atoms with E-state index in [1.807, 2.05) is 10.8 Å². The van der Waals surface area contributed by atoms with Crippen LogP contribution in [0.1, 0.15) is 11.5 Å². The van der Waals surface area contributed by atoms with Crippen molar-refractivity contribution in [2.24, 2.45) is 0 Å². The van der Waals surface area contributed by atoms with Crippen LogP contribution in [-0.4, -0.2) is 19.7 Å². The molecule has 0 spiro atoms. The van der Waals surface area contributed by atoms with Crippen LogP contribution >= 0.6 is 0 Å². The molecule has 0 aliphatic carbocycles. The molecule has 21 heavy (non-hydrogen) atoms. The number of nitrogens with zero attached hydrogens (tertiary/aromatic N) is 4. The van der Waals surface area contributed by atoms with Crippen molar-refractivity contribution in [1.82, 2.24) is 19.7 Å². The topological polar surface area (TPSA) is 56.7 Å². The number of hydrogen-bond acceptors (Lipinski definition) is 4. The van der Waals surface area contributed by atoms with Gasteiger partial charge in [-0.3, -0.25) is 0 Å². The Kier molecular flexibility index (Phi) is 3.20. The minimum Gasteiger partial charge on any atom is -0.333 e. The van der Waals surface area contributed by atoms with Crippen LogP contribution in [0.5, 0.6) is 0 Å². The molecule has 5 nitrogen and oxygen atoms in total. The molecule has 0 saturated heterocycles. The number of aromatic nitrogens is 4. The molecule has 0 atom stereocenters. The molecule has 0 bridgehead atoms. The Morgan fingerprint density at radius 3 is 2.48 bits per heavy atom. The van der Waals surface area contributed by atoms with Crippen LogP contribution in [0.4, 0.5) is 13.2 Å². The summed E-state index contributed by atoms with van der Waals surface area (Å²) in [6.07, 6.45) is 0.546. The molecule has 2 aromatic heterocycles. The Morgan fingerprint density at radius 2 is 1.90 bits per heavy atom. The molecule has 0 fully saturated rings. The van der Waals surface area contributed by atoms with Gasteiger partial charge >= 0.3 is 12.1 Å². The van der Waals surface area contributed by atoms with Gasteiger partial charge in [0.15, 0.2) is 0 Å². The number of rotatable bonds is 3. The van der Waals surface area contributed by atoms with E-state index in [-0.39, 0.29) is 5.82 Å². The maximum Gasteiger partial charge on any atom is 0.471 e. The zero-order valence-electron chi connectivity index (χ0n) is 10.6. The highest BCUT2D eigenvalue weighted by atomic mass is 19.4. The molecule has 0 radical (unpaired) electrons. The van der Waals surface area contributed by atoms with Gasteiger partial charge < -0.3 is 9.09 Å². The zero-order chi connectivity index (χ0) is 14.9. The molecule has 0 aliphatic rings. The lowest BCUT2D eigenvalue weighted by Gasteiger charge is -2.03. The first-order valence-corrected chi connectivity index (χ1v) is 5.98. The van der Waals surface area contributed by atoms with E-state index in [0.717, 1.165) is 5.56 Å². The summed E-state index contributed by atoms with van der Waals surface area (Å²) in [5.41, 5.74) is 1.44. The Morgan fingerprint density at radius 1 is 1.14 bits per heavy atom. The first kappa shape index (κ1) is 13.3. The number of hydrogen-bond donors (Lipinski definition) is 0. The standard InChI is InChI=1S/C13H9F3N4O/c14-13(15,16)12-18-11(19-21-12)10-3-1-9(2-4-10)7-20-6-5-17-8-20/h1-6,8H,7H2. The molecule has 3 rings (SSSR count). The monoisotopic (exact) mass is 294 g/mol. The fourth-order valence-electron chi connectivity index (χ4n) is 1.81. The van der Waals surface area contributed by atoms with Gasteiger partial charge in [0.1, 0.15) is 0 Å². The van der Waals surface area contributed by atoms with E-state index in [2.05, 4.69) is 19.6 Å². The van der Waals surface area contributed by atoms with Crippen LogP contribution in [-0.2, 0) is 12.7 Å². The first-order chi connectivity index (χ1) is 10.0. The Hall–Kier alpha value is -2.64. The SMILES string of the molecule is FC(F)(F)c1nc(-c2ccc(Cn3ccnc3)cc2)no1. The summed E-state index contributed by atoms with van der Waals surface area (Å²) >= 11 is 0. The highest BCUT2D eigenvalue weighted by Crippen LogP contribution is 2.29. The second-order valence-electron chi connectivity index (χ2n) is 4.35. The average Bonchev–Trinajstić information content (AvgIpc) is 3.09. The molecule has 0 saturated carbocycles. The summed E-state index contributed by atoms with van der Waals surface area (Å²) in [7, 11) is 0. The molecule has 1 aromatic carbocycles. The van der Waals surface area contributed by atoms with Crippen LogP contribution < -0.4 is 0 Å². The molecule has 0 amide bonds. The molecular weight excluding hydrogens is 285 g/mol. The smallest absolute Gasteiger partial charge is 0.333 e. The second kappa shape index (κ2) is 5.04. The molecule has 3 aromatic rings. The van der Waals surface area contributed by atoms with E-state index < -0.39 is 12.1 Å². The third-order valence-electron chi connectivity index (χ3n) is 2.81. The van der Waals surface area contributed by atoms with Gasteiger partial charge in [-0.25, -0.2) is 4.98 Å². The van der Waals surface area contributed by atoms with Gasteiger partial charge in [-0.2, -0.15) is 18.2 Å². The molecule has 0 N–H and O–H groups in total. The van der Waals surface area contributed by atoms with Gasteiger partial charge in [-0.05, 0) is 5.56 Å². The predicted octanol–water partition coefficient (Wildman–Crippen LogP) is 3.00. The molecule has 2 heterocycles. The van der Waals surface area contributed by atoms with Crippen molar-refractivity contribution in [1.29, 1.82) is 0 Å². The Labute approximate surface area is 117 Å². The highest BCUT2D eigenvalue weighted by molar-refractivity contribution is 5.54. The predicted molar refractivity (Wildman–Crippen MR) is 66.1 cm³/mol. The summed E-state index contributed by atoms with van der Waals surface area (Å²) < 4.78 is 43.2. The lowest BCUT2D eigenvalue weighted by molar-refractivity contribution is -0.159. The minimum atomic E-state index is -4.63. The third kappa shape index (κ3) is 2.93. The summed E-state index contributed by atoms with van der Waals surface area (Å²) in [4.78, 5) is 7.27. The summed E-state index contributed by atoms with van der Waals surface area (Å²) in [5, 5.41) is 3.34. The van der Waals surface area contributed by atoms with Crippen molar-refractivity contribution in [2.45, 2.75) is 12.7 Å². The van der Waals surface area contributed by atoms with Crippen LogP contribution in [0.15, 0.2) is 47.5 Å². The van der Waals surface area contributed by atoms with Gasteiger partial charge in [0.05, 0.1) is 6.33 Å². The lowest BCUT2D eigenvalue weighted by Crippen LogP contribution is -2.04. The van der Waals surface area contributed by atoms with Crippen molar-refractivity contribution in [3.8, 4) is 11.4 Å². The van der Waals surface area contributed by atoms with Crippen LogP contribution in [0.2, 0.25) is 0 Å². The summed E-state index contributed by atoms with van der Waals surface area (Å²) in [6, 6.07) is 6.88. The van der Waals surface area contributed by atoms with Crippen molar-refractivity contribution in [2.75, 3.05) is 0 Å². The summed E-state index contributed by atoms with van der Waals surface area (Å²) in [6.45, 7) is 0.625. The van der Waals surface area contributed by atoms with E-state index in [1.165, 1.54) is 0 Å². The Balaban J connectivity index is 1.79. The van der Waals surface area contributed by atoms with Gasteiger partial charge in [-0.1, -0.05) is 29.4 Å². The van der Waals surface area contributed by atoms with Crippen molar-refractivity contribution in [3.05, 3.63) is 54.4 Å². The fourth-order valence-corrected chi connectivity index (χ4v) is 1.81. The van der Waals surface area contributed by atoms with E-state index in [0.29, 0.717) is 12.1 Å². The van der Waals surface area contributed by atoms with Gasteiger partial charge in [0, 0.05) is 24.5 Å². The quantitative estimate of drug-likeness (QED) is 0.745. The third-order valence-corrected chi connectivity index (χ3v) is 2.81. The van der Waals surface area contributed by atoms with Crippen molar-refractivity contribution < 1.29 is 17.7 Å². The summed E-state index contributed by atoms with van der Waals surface area (Å²) in [5.74, 6) is -1.43. The highest BCUT2D eigenvalue weighted by Gasteiger charge is 2.38. The van der Waals surface area contributed by atoms with Gasteiger partial charge in [0.25, 0.3) is 0 Å². The van der Waals surface area contributed by atoms with Crippen LogP contribution in [0.25, 0.3) is 11.4 Å². The zero-order valence-corrected chi connectivity index (χ0v) is 10.6. The average molecular weight is 294 g/mol. The Bertz CT molecular complexity index is 717. The molecule has 108 valence electrons.